The number of ether oxygens (including phenoxy) is 1. The van der Waals surface area contributed by atoms with E-state index in [2.05, 4.69) is 6.58 Å². The number of hydrogen-bond acceptors (Lipinski definition) is 2. The second kappa shape index (κ2) is 5.83. The summed E-state index contributed by atoms with van der Waals surface area (Å²) in [5, 5.41) is 9.43. The van der Waals surface area contributed by atoms with E-state index >= 15 is 0 Å². The lowest BCUT2D eigenvalue weighted by atomic mass is 9.90. The second-order valence-electron chi connectivity index (χ2n) is 4.58. The van der Waals surface area contributed by atoms with Crippen LogP contribution in [0.1, 0.15) is 30.0 Å². The van der Waals surface area contributed by atoms with Gasteiger partial charge in [0.1, 0.15) is 0 Å². The number of aryl methyl sites for hydroxylation is 2. The average molecular weight is 248 g/mol. The number of carboxylic acids is 1. The molecule has 0 aliphatic carbocycles. The van der Waals surface area contributed by atoms with Crippen molar-refractivity contribution in [2.45, 2.75) is 32.8 Å². The Labute approximate surface area is 108 Å². The zero-order valence-corrected chi connectivity index (χ0v) is 11.2. The molecule has 0 amide bonds. The summed E-state index contributed by atoms with van der Waals surface area (Å²) in [4.78, 5) is 11.5. The first-order valence-corrected chi connectivity index (χ1v) is 5.98. The Morgan fingerprint density at radius 1 is 1.50 bits per heavy atom. The highest BCUT2D eigenvalue weighted by atomic mass is 16.5. The molecule has 98 valence electrons. The SMILES string of the molecule is C=CCCOC(C)(C(=O)O)c1ccc(C)cc1C. The predicted octanol–water partition coefficient (Wildman–Crippen LogP) is 3.20. The minimum Gasteiger partial charge on any atom is -0.479 e. The highest BCUT2D eigenvalue weighted by molar-refractivity contribution is 5.79. The zero-order valence-electron chi connectivity index (χ0n) is 11.2. The van der Waals surface area contributed by atoms with E-state index < -0.39 is 11.6 Å². The molecular formula is C15H20O3. The fourth-order valence-electron chi connectivity index (χ4n) is 1.95. The van der Waals surface area contributed by atoms with Gasteiger partial charge in [0.15, 0.2) is 5.60 Å². The van der Waals surface area contributed by atoms with Gasteiger partial charge in [0, 0.05) is 0 Å². The minimum atomic E-state index is -1.30. The molecule has 18 heavy (non-hydrogen) atoms. The van der Waals surface area contributed by atoms with Gasteiger partial charge in [0.05, 0.1) is 6.61 Å². The molecule has 0 radical (unpaired) electrons. The molecule has 1 atom stereocenters. The van der Waals surface area contributed by atoms with Gasteiger partial charge in [-0.25, -0.2) is 4.79 Å². The Hall–Kier alpha value is -1.61. The third-order valence-electron chi connectivity index (χ3n) is 3.02. The molecule has 1 aromatic carbocycles. The second-order valence-corrected chi connectivity index (χ2v) is 4.58. The van der Waals surface area contributed by atoms with Gasteiger partial charge >= 0.3 is 5.97 Å². The van der Waals surface area contributed by atoms with E-state index in [1.165, 1.54) is 0 Å². The summed E-state index contributed by atoms with van der Waals surface area (Å²) in [7, 11) is 0. The third-order valence-corrected chi connectivity index (χ3v) is 3.02. The molecule has 3 nitrogen and oxygen atoms in total. The predicted molar refractivity (Wildman–Crippen MR) is 71.7 cm³/mol. The quantitative estimate of drug-likeness (QED) is 0.621. The molecule has 1 aromatic rings. The number of rotatable bonds is 6. The van der Waals surface area contributed by atoms with Crippen molar-refractivity contribution in [2.75, 3.05) is 6.61 Å². The molecule has 0 saturated carbocycles. The van der Waals surface area contributed by atoms with Crippen LogP contribution in [0.4, 0.5) is 0 Å². The van der Waals surface area contributed by atoms with Crippen molar-refractivity contribution < 1.29 is 14.6 Å². The highest BCUT2D eigenvalue weighted by Gasteiger charge is 2.37. The van der Waals surface area contributed by atoms with Gasteiger partial charge in [0.2, 0.25) is 0 Å². The first-order chi connectivity index (χ1) is 8.41. The molecule has 0 aliphatic heterocycles. The van der Waals surface area contributed by atoms with E-state index in [9.17, 15) is 9.90 Å². The van der Waals surface area contributed by atoms with Crippen LogP contribution in [0.3, 0.4) is 0 Å². The summed E-state index contributed by atoms with van der Waals surface area (Å²) < 4.78 is 5.57. The number of carboxylic acid groups (broad SMARTS) is 1. The molecule has 0 heterocycles. The van der Waals surface area contributed by atoms with Crippen LogP contribution in [0.2, 0.25) is 0 Å². The first-order valence-electron chi connectivity index (χ1n) is 5.98. The van der Waals surface area contributed by atoms with Crippen LogP contribution in [0.15, 0.2) is 30.9 Å². The molecule has 1 N–H and O–H groups in total. The molecule has 1 rings (SSSR count). The summed E-state index contributed by atoms with van der Waals surface area (Å²) in [6.45, 7) is 9.42. The average Bonchev–Trinajstić information content (AvgIpc) is 2.28. The summed E-state index contributed by atoms with van der Waals surface area (Å²) in [5.74, 6) is -0.974. The van der Waals surface area contributed by atoms with Gasteiger partial charge in [-0.1, -0.05) is 29.8 Å². The maximum absolute atomic E-state index is 11.5. The van der Waals surface area contributed by atoms with Gasteiger partial charge in [0.25, 0.3) is 0 Å². The van der Waals surface area contributed by atoms with E-state index in [1.807, 2.05) is 32.0 Å². The monoisotopic (exact) mass is 248 g/mol. The van der Waals surface area contributed by atoms with Gasteiger partial charge in [-0.2, -0.15) is 0 Å². The number of aliphatic carboxylic acids is 1. The maximum atomic E-state index is 11.5. The van der Waals surface area contributed by atoms with Crippen LogP contribution in [0.5, 0.6) is 0 Å². The van der Waals surface area contributed by atoms with Crippen LogP contribution in [0.25, 0.3) is 0 Å². The Morgan fingerprint density at radius 2 is 2.17 bits per heavy atom. The van der Waals surface area contributed by atoms with Crippen LogP contribution < -0.4 is 0 Å². The molecule has 0 spiro atoms. The first kappa shape index (κ1) is 14.5. The smallest absolute Gasteiger partial charge is 0.340 e. The molecule has 0 saturated heterocycles. The van der Waals surface area contributed by atoms with Gasteiger partial charge in [-0.3, -0.25) is 0 Å². The maximum Gasteiger partial charge on any atom is 0.340 e. The van der Waals surface area contributed by atoms with E-state index in [0.717, 1.165) is 11.1 Å². The molecule has 0 aliphatic rings. The number of hydrogen-bond donors (Lipinski definition) is 1. The van der Waals surface area contributed by atoms with Gasteiger partial charge < -0.3 is 9.84 Å². The van der Waals surface area contributed by atoms with Crippen molar-refractivity contribution in [3.05, 3.63) is 47.5 Å². The van der Waals surface area contributed by atoms with Crippen molar-refractivity contribution in [3.8, 4) is 0 Å². The van der Waals surface area contributed by atoms with Crippen molar-refractivity contribution >= 4 is 5.97 Å². The fourth-order valence-corrected chi connectivity index (χ4v) is 1.95. The number of benzene rings is 1. The topological polar surface area (TPSA) is 46.5 Å². The molecule has 0 aromatic heterocycles. The van der Waals surface area contributed by atoms with Crippen molar-refractivity contribution in [2.24, 2.45) is 0 Å². The summed E-state index contributed by atoms with van der Waals surface area (Å²) in [5.41, 5.74) is 1.43. The van der Waals surface area contributed by atoms with Crippen molar-refractivity contribution in [3.63, 3.8) is 0 Å². The van der Waals surface area contributed by atoms with Crippen molar-refractivity contribution in [1.29, 1.82) is 0 Å². The lowest BCUT2D eigenvalue weighted by Gasteiger charge is -2.27. The van der Waals surface area contributed by atoms with Crippen molar-refractivity contribution in [1.82, 2.24) is 0 Å². The van der Waals surface area contributed by atoms with Crippen LogP contribution in [0, 0.1) is 13.8 Å². The lowest BCUT2D eigenvalue weighted by Crippen LogP contribution is -2.36. The Bertz CT molecular complexity index is 451. The zero-order chi connectivity index (χ0) is 13.8. The highest BCUT2D eigenvalue weighted by Crippen LogP contribution is 2.29. The summed E-state index contributed by atoms with van der Waals surface area (Å²) >= 11 is 0. The standard InChI is InChI=1S/C15H20O3/c1-5-6-9-18-15(4,14(16)17)13-8-7-11(2)10-12(13)3/h5,7-8,10H,1,6,9H2,2-4H3,(H,16,17). The van der Waals surface area contributed by atoms with Gasteiger partial charge in [-0.05, 0) is 38.3 Å². The molecular weight excluding hydrogens is 228 g/mol. The largest absolute Gasteiger partial charge is 0.479 e. The summed E-state index contributed by atoms with van der Waals surface area (Å²) in [6.07, 6.45) is 2.35. The number of carbonyl (C=O) groups is 1. The van der Waals surface area contributed by atoms with E-state index in [0.29, 0.717) is 18.6 Å². The third kappa shape index (κ3) is 2.99. The van der Waals surface area contributed by atoms with E-state index in [4.69, 9.17) is 4.74 Å². The normalized spacial score (nSPS) is 13.9. The lowest BCUT2D eigenvalue weighted by molar-refractivity contribution is -0.165. The Morgan fingerprint density at radius 3 is 2.67 bits per heavy atom. The fraction of sp³-hybridized carbons (Fsp3) is 0.400. The van der Waals surface area contributed by atoms with Gasteiger partial charge in [-0.15, -0.1) is 6.58 Å². The minimum absolute atomic E-state index is 0.347. The molecule has 0 bridgehead atoms. The van der Waals surface area contributed by atoms with Crippen LogP contribution in [-0.4, -0.2) is 17.7 Å². The van der Waals surface area contributed by atoms with E-state index in [1.54, 1.807) is 13.0 Å². The summed E-state index contributed by atoms with van der Waals surface area (Å²) in [6, 6.07) is 5.69. The molecule has 1 unspecified atom stereocenters. The van der Waals surface area contributed by atoms with E-state index in [-0.39, 0.29) is 0 Å². The Kier molecular flexibility index (Phi) is 4.68. The van der Waals surface area contributed by atoms with Crippen LogP contribution in [-0.2, 0) is 15.1 Å². The molecule has 0 fully saturated rings. The van der Waals surface area contributed by atoms with Crippen LogP contribution >= 0.6 is 0 Å². The Balaban J connectivity index is 3.10. The molecule has 3 heteroatoms.